The highest BCUT2D eigenvalue weighted by atomic mass is 32.2. The first-order valence-electron chi connectivity index (χ1n) is 8.22. The number of nitrogens with zero attached hydrogens (tertiary/aromatic N) is 3. The molecule has 0 unspecified atom stereocenters. The number of hydrogen-bond acceptors (Lipinski definition) is 5. The van der Waals surface area contributed by atoms with Gasteiger partial charge in [-0.15, -0.1) is 6.58 Å². The summed E-state index contributed by atoms with van der Waals surface area (Å²) >= 11 is 1.33. The second-order valence-corrected chi connectivity index (χ2v) is 6.73. The fourth-order valence-electron chi connectivity index (χ4n) is 2.89. The van der Waals surface area contributed by atoms with Crippen molar-refractivity contribution in [3.63, 3.8) is 0 Å². The van der Waals surface area contributed by atoms with Gasteiger partial charge in [-0.1, -0.05) is 23.9 Å². The number of thioether (sulfide) groups is 1. The number of pyridine rings is 1. The maximum Gasteiger partial charge on any atom is 0.349 e. The van der Waals surface area contributed by atoms with Crippen LogP contribution < -0.4 is 11.0 Å². The molecule has 0 bridgehead atoms. The Kier molecular flexibility index (Phi) is 5.65. The van der Waals surface area contributed by atoms with E-state index in [9.17, 15) is 9.59 Å². The van der Waals surface area contributed by atoms with E-state index in [0.717, 1.165) is 36.2 Å². The summed E-state index contributed by atoms with van der Waals surface area (Å²) in [5.74, 6) is 0.160. The van der Waals surface area contributed by atoms with Crippen molar-refractivity contribution in [2.45, 2.75) is 30.8 Å². The van der Waals surface area contributed by atoms with Crippen LogP contribution in [0.4, 0.5) is 0 Å². The third-order valence-corrected chi connectivity index (χ3v) is 5.05. The normalized spacial score (nSPS) is 12.6. The highest BCUT2D eigenvalue weighted by Crippen LogP contribution is 2.29. The van der Waals surface area contributed by atoms with Crippen LogP contribution in [0.5, 0.6) is 0 Å². The van der Waals surface area contributed by atoms with Gasteiger partial charge >= 0.3 is 5.69 Å². The van der Waals surface area contributed by atoms with Gasteiger partial charge in [-0.05, 0) is 31.4 Å². The first kappa shape index (κ1) is 17.4. The number of nitrogens with one attached hydrogen (secondary N) is 1. The molecule has 0 atom stereocenters. The molecule has 0 aliphatic heterocycles. The van der Waals surface area contributed by atoms with Gasteiger partial charge in [0.15, 0.2) is 0 Å². The molecular formula is C18H20N4O2S. The van der Waals surface area contributed by atoms with Crippen LogP contribution in [0.15, 0.2) is 46.9 Å². The summed E-state index contributed by atoms with van der Waals surface area (Å²) in [5, 5.41) is 3.42. The summed E-state index contributed by atoms with van der Waals surface area (Å²) in [6.45, 7) is 4.44. The smallest absolute Gasteiger partial charge is 0.349 e. The van der Waals surface area contributed by atoms with Crippen molar-refractivity contribution >= 4 is 17.7 Å². The lowest BCUT2D eigenvalue weighted by molar-refractivity contribution is -0.118. The van der Waals surface area contributed by atoms with Crippen molar-refractivity contribution in [1.82, 2.24) is 19.9 Å². The number of hydrogen-bond donors (Lipinski definition) is 1. The molecule has 2 aromatic rings. The van der Waals surface area contributed by atoms with Crippen LogP contribution in [0.2, 0.25) is 0 Å². The van der Waals surface area contributed by atoms with E-state index < -0.39 is 0 Å². The van der Waals surface area contributed by atoms with Gasteiger partial charge < -0.3 is 5.32 Å². The molecule has 0 spiro atoms. The second kappa shape index (κ2) is 8.11. The summed E-state index contributed by atoms with van der Waals surface area (Å²) in [5.41, 5.74) is 2.68. The quantitative estimate of drug-likeness (QED) is 0.463. The number of carbonyl (C=O) groups is 1. The average Bonchev–Trinajstić information content (AvgIpc) is 3.11. The SMILES string of the molecule is C=CCNC(=O)CSc1nc(=O)n(Cc2ccccn2)c2c1CCC2. The van der Waals surface area contributed by atoms with Gasteiger partial charge in [0.2, 0.25) is 5.91 Å². The van der Waals surface area contributed by atoms with E-state index in [2.05, 4.69) is 21.9 Å². The minimum absolute atomic E-state index is 0.0869. The Hall–Kier alpha value is -2.41. The zero-order chi connectivity index (χ0) is 17.6. The van der Waals surface area contributed by atoms with Gasteiger partial charge in [0.1, 0.15) is 5.03 Å². The summed E-state index contributed by atoms with van der Waals surface area (Å²) in [6, 6.07) is 5.67. The highest BCUT2D eigenvalue weighted by molar-refractivity contribution is 7.99. The van der Waals surface area contributed by atoms with Crippen LogP contribution in [0.25, 0.3) is 0 Å². The maximum atomic E-state index is 12.5. The van der Waals surface area contributed by atoms with Crippen LogP contribution in [-0.4, -0.2) is 32.7 Å². The van der Waals surface area contributed by atoms with Gasteiger partial charge in [0, 0.05) is 24.0 Å². The number of rotatable bonds is 7. The Morgan fingerprint density at radius 3 is 3.04 bits per heavy atom. The van der Waals surface area contributed by atoms with Gasteiger partial charge in [-0.3, -0.25) is 14.3 Å². The molecule has 2 aromatic heterocycles. The van der Waals surface area contributed by atoms with Crippen molar-refractivity contribution in [3.05, 3.63) is 64.5 Å². The number of amides is 1. The zero-order valence-electron chi connectivity index (χ0n) is 13.9. The molecule has 1 aliphatic carbocycles. The molecule has 2 heterocycles. The fraction of sp³-hybridized carbons (Fsp3) is 0.333. The molecular weight excluding hydrogens is 336 g/mol. The molecule has 6 nitrogen and oxygen atoms in total. The summed E-state index contributed by atoms with van der Waals surface area (Å²) in [7, 11) is 0. The van der Waals surface area contributed by atoms with Crippen molar-refractivity contribution in [3.8, 4) is 0 Å². The molecule has 25 heavy (non-hydrogen) atoms. The van der Waals surface area contributed by atoms with Crippen LogP contribution in [0, 0.1) is 0 Å². The van der Waals surface area contributed by atoms with E-state index in [0.29, 0.717) is 18.1 Å². The van der Waals surface area contributed by atoms with Crippen molar-refractivity contribution < 1.29 is 4.79 Å². The van der Waals surface area contributed by atoms with Crippen molar-refractivity contribution in [2.24, 2.45) is 0 Å². The third-order valence-electron chi connectivity index (χ3n) is 4.03. The first-order valence-corrected chi connectivity index (χ1v) is 9.20. The lowest BCUT2D eigenvalue weighted by Crippen LogP contribution is -2.29. The van der Waals surface area contributed by atoms with E-state index in [1.54, 1.807) is 16.8 Å². The van der Waals surface area contributed by atoms with E-state index in [1.807, 2.05) is 18.2 Å². The molecule has 0 radical (unpaired) electrons. The predicted octanol–water partition coefficient (Wildman–Crippen LogP) is 1.57. The van der Waals surface area contributed by atoms with E-state index >= 15 is 0 Å². The molecule has 1 amide bonds. The maximum absolute atomic E-state index is 12.5. The van der Waals surface area contributed by atoms with E-state index in [4.69, 9.17) is 0 Å². The lowest BCUT2D eigenvalue weighted by atomic mass is 10.2. The van der Waals surface area contributed by atoms with Gasteiger partial charge in [-0.25, -0.2) is 4.79 Å². The van der Waals surface area contributed by atoms with Gasteiger partial charge in [-0.2, -0.15) is 4.98 Å². The summed E-state index contributed by atoms with van der Waals surface area (Å²) in [4.78, 5) is 32.8. The third kappa shape index (κ3) is 4.17. The lowest BCUT2D eigenvalue weighted by Gasteiger charge is -2.13. The number of carbonyl (C=O) groups excluding carboxylic acids is 1. The Bertz CT molecular complexity index is 833. The van der Waals surface area contributed by atoms with Crippen LogP contribution in [-0.2, 0) is 24.2 Å². The topological polar surface area (TPSA) is 76.9 Å². The zero-order valence-corrected chi connectivity index (χ0v) is 14.7. The van der Waals surface area contributed by atoms with E-state index in [-0.39, 0.29) is 17.3 Å². The first-order chi connectivity index (χ1) is 12.2. The summed E-state index contributed by atoms with van der Waals surface area (Å²) in [6.07, 6.45) is 6.11. The minimum Gasteiger partial charge on any atom is -0.352 e. The molecule has 0 aromatic carbocycles. The van der Waals surface area contributed by atoms with Crippen LogP contribution >= 0.6 is 11.8 Å². The highest BCUT2D eigenvalue weighted by Gasteiger charge is 2.22. The monoisotopic (exact) mass is 356 g/mol. The van der Waals surface area contributed by atoms with Gasteiger partial charge in [0.05, 0.1) is 18.0 Å². The molecule has 130 valence electrons. The summed E-state index contributed by atoms with van der Waals surface area (Å²) < 4.78 is 1.71. The van der Waals surface area contributed by atoms with Crippen LogP contribution in [0.1, 0.15) is 23.4 Å². The standard InChI is InChI=1S/C18H20N4O2S/c1-2-9-20-16(23)12-25-17-14-7-5-8-15(14)22(18(24)21-17)11-13-6-3-4-10-19-13/h2-4,6,10H,1,5,7-9,11-12H2,(H,20,23). The Labute approximate surface area is 150 Å². The Balaban J connectivity index is 1.82. The van der Waals surface area contributed by atoms with Crippen molar-refractivity contribution in [1.29, 1.82) is 0 Å². The molecule has 0 fully saturated rings. The molecule has 7 heteroatoms. The molecule has 1 N–H and O–H groups in total. The molecule has 0 saturated heterocycles. The molecule has 1 aliphatic rings. The van der Waals surface area contributed by atoms with Crippen LogP contribution in [0.3, 0.4) is 0 Å². The largest absolute Gasteiger partial charge is 0.352 e. The van der Waals surface area contributed by atoms with Gasteiger partial charge in [0.25, 0.3) is 0 Å². The molecule has 3 rings (SSSR count). The number of fused-ring (bicyclic) bond motifs is 1. The molecule has 0 saturated carbocycles. The number of aromatic nitrogens is 3. The van der Waals surface area contributed by atoms with E-state index in [1.165, 1.54) is 11.8 Å². The predicted molar refractivity (Wildman–Crippen MR) is 97.8 cm³/mol. The second-order valence-electron chi connectivity index (χ2n) is 5.77. The van der Waals surface area contributed by atoms with Crippen molar-refractivity contribution in [2.75, 3.05) is 12.3 Å². The minimum atomic E-state index is -0.277. The Morgan fingerprint density at radius 2 is 2.28 bits per heavy atom. The fourth-order valence-corrected chi connectivity index (χ4v) is 3.80. The Morgan fingerprint density at radius 1 is 1.40 bits per heavy atom. The average molecular weight is 356 g/mol.